The predicted octanol–water partition coefficient (Wildman–Crippen LogP) is 7.53. The SMILES string of the molecule is CCCCCCCCCCCCCCCc1nnc(-c2ccc(OCC[C@@H](O)C(=O)OCC)cc2)s1. The van der Waals surface area contributed by atoms with Crippen LogP contribution in [0.25, 0.3) is 10.6 Å². The molecule has 1 atom stereocenters. The number of ether oxygens (including phenoxy) is 2. The van der Waals surface area contributed by atoms with Crippen molar-refractivity contribution in [3.63, 3.8) is 0 Å². The van der Waals surface area contributed by atoms with E-state index in [2.05, 4.69) is 17.1 Å². The van der Waals surface area contributed by atoms with Crippen LogP contribution in [0.5, 0.6) is 5.75 Å². The van der Waals surface area contributed by atoms with Gasteiger partial charge in [0.1, 0.15) is 15.8 Å². The number of carbonyl (C=O) groups excluding carboxylic acids is 1. The van der Waals surface area contributed by atoms with Gasteiger partial charge in [0.25, 0.3) is 0 Å². The number of aryl methyl sites for hydroxylation is 1. The molecule has 1 N–H and O–H groups in total. The fourth-order valence-corrected chi connectivity index (χ4v) is 4.99. The van der Waals surface area contributed by atoms with Crippen LogP contribution in [0, 0.1) is 0 Å². The summed E-state index contributed by atoms with van der Waals surface area (Å²) in [5.74, 6) is 0.0776. The quantitative estimate of drug-likeness (QED) is 0.136. The summed E-state index contributed by atoms with van der Waals surface area (Å²) >= 11 is 1.66. The maximum Gasteiger partial charge on any atom is 0.335 e. The lowest BCUT2D eigenvalue weighted by Gasteiger charge is -2.10. The smallest absolute Gasteiger partial charge is 0.335 e. The Morgan fingerprint density at radius 2 is 1.44 bits per heavy atom. The van der Waals surface area contributed by atoms with Crippen LogP contribution < -0.4 is 4.74 Å². The van der Waals surface area contributed by atoms with E-state index < -0.39 is 12.1 Å². The molecule has 0 saturated heterocycles. The van der Waals surface area contributed by atoms with Gasteiger partial charge in [0.15, 0.2) is 6.10 Å². The monoisotopic (exact) mass is 518 g/mol. The minimum atomic E-state index is -1.15. The third kappa shape index (κ3) is 12.8. The predicted molar refractivity (Wildman–Crippen MR) is 147 cm³/mol. The maximum absolute atomic E-state index is 11.4. The van der Waals surface area contributed by atoms with Crippen LogP contribution in [0.1, 0.15) is 109 Å². The van der Waals surface area contributed by atoms with Crippen molar-refractivity contribution in [1.29, 1.82) is 0 Å². The fourth-order valence-electron chi connectivity index (χ4n) is 4.10. The summed E-state index contributed by atoms with van der Waals surface area (Å²) in [5.41, 5.74) is 1.02. The third-order valence-electron chi connectivity index (χ3n) is 6.28. The van der Waals surface area contributed by atoms with E-state index in [1.165, 1.54) is 83.5 Å². The summed E-state index contributed by atoms with van der Waals surface area (Å²) < 4.78 is 10.4. The molecule has 2 rings (SSSR count). The number of aliphatic hydroxyl groups excluding tert-OH is 1. The Labute approximate surface area is 221 Å². The number of aliphatic hydroxyl groups is 1. The zero-order chi connectivity index (χ0) is 25.8. The van der Waals surface area contributed by atoms with E-state index in [0.29, 0.717) is 5.75 Å². The molecule has 0 amide bonds. The molecule has 36 heavy (non-hydrogen) atoms. The van der Waals surface area contributed by atoms with Crippen LogP contribution in [0.2, 0.25) is 0 Å². The van der Waals surface area contributed by atoms with Crippen molar-refractivity contribution in [3.05, 3.63) is 29.3 Å². The van der Waals surface area contributed by atoms with E-state index in [1.807, 2.05) is 24.3 Å². The second-order valence-corrected chi connectivity index (χ2v) is 10.5. The van der Waals surface area contributed by atoms with Crippen LogP contribution in [-0.4, -0.2) is 40.6 Å². The van der Waals surface area contributed by atoms with Crippen LogP contribution >= 0.6 is 11.3 Å². The second kappa shape index (κ2) is 19.2. The summed E-state index contributed by atoms with van der Waals surface area (Å²) in [6.45, 7) is 4.48. The molecule has 0 radical (unpaired) electrons. The average Bonchev–Trinajstić information content (AvgIpc) is 3.36. The van der Waals surface area contributed by atoms with Crippen molar-refractivity contribution >= 4 is 17.3 Å². The Kier molecular flexibility index (Phi) is 16.1. The molecule has 1 aromatic carbocycles. The largest absolute Gasteiger partial charge is 0.493 e. The average molecular weight is 519 g/mol. The number of hydrogen-bond donors (Lipinski definition) is 1. The van der Waals surface area contributed by atoms with Gasteiger partial charge in [-0.1, -0.05) is 95.3 Å². The van der Waals surface area contributed by atoms with Crippen LogP contribution in [0.4, 0.5) is 0 Å². The molecule has 0 bridgehead atoms. The number of nitrogens with zero attached hydrogens (tertiary/aromatic N) is 2. The number of unbranched alkanes of at least 4 members (excludes halogenated alkanes) is 12. The van der Waals surface area contributed by atoms with Gasteiger partial charge in [-0.15, -0.1) is 10.2 Å². The summed E-state index contributed by atoms with van der Waals surface area (Å²) in [7, 11) is 0. The van der Waals surface area contributed by atoms with Gasteiger partial charge in [-0.05, 0) is 37.6 Å². The molecule has 0 aliphatic heterocycles. The van der Waals surface area contributed by atoms with Crippen molar-refractivity contribution in [2.24, 2.45) is 0 Å². The fraction of sp³-hybridized carbons (Fsp3) is 0.690. The molecule has 0 aliphatic carbocycles. The highest BCUT2D eigenvalue weighted by molar-refractivity contribution is 7.14. The summed E-state index contributed by atoms with van der Waals surface area (Å²) in [6.07, 6.45) is 17.8. The van der Waals surface area contributed by atoms with Crippen molar-refractivity contribution in [2.45, 2.75) is 116 Å². The minimum absolute atomic E-state index is 0.194. The minimum Gasteiger partial charge on any atom is -0.493 e. The molecule has 0 spiro atoms. The molecule has 2 aromatic rings. The standard InChI is InChI=1S/C29H46N2O4S/c1-3-5-6-7-8-9-10-11-12-13-14-15-16-17-27-30-31-28(36-27)24-18-20-25(21-19-24)35-23-22-26(32)29(33)34-4-2/h18-21,26,32H,3-17,22-23H2,1-2H3/t26-/m1/s1. The Hall–Kier alpha value is -1.99. The molecule has 0 aliphatic rings. The van der Waals surface area contributed by atoms with Gasteiger partial charge in [-0.3, -0.25) is 0 Å². The lowest BCUT2D eigenvalue weighted by atomic mass is 10.0. The van der Waals surface area contributed by atoms with Crippen molar-refractivity contribution < 1.29 is 19.4 Å². The zero-order valence-corrected chi connectivity index (χ0v) is 23.2. The van der Waals surface area contributed by atoms with Gasteiger partial charge >= 0.3 is 5.97 Å². The summed E-state index contributed by atoms with van der Waals surface area (Å²) in [6, 6.07) is 7.68. The van der Waals surface area contributed by atoms with Gasteiger partial charge < -0.3 is 14.6 Å². The van der Waals surface area contributed by atoms with E-state index in [0.717, 1.165) is 22.0 Å². The van der Waals surface area contributed by atoms with Crippen LogP contribution in [0.15, 0.2) is 24.3 Å². The van der Waals surface area contributed by atoms with Gasteiger partial charge in [-0.2, -0.15) is 0 Å². The highest BCUT2D eigenvalue weighted by Gasteiger charge is 2.16. The first-order valence-corrected chi connectivity index (χ1v) is 14.9. The molecule has 1 aromatic heterocycles. The maximum atomic E-state index is 11.4. The lowest BCUT2D eigenvalue weighted by molar-refractivity contribution is -0.153. The summed E-state index contributed by atoms with van der Waals surface area (Å²) in [5, 5.41) is 20.5. The molecule has 0 unspecified atom stereocenters. The van der Waals surface area contributed by atoms with Gasteiger partial charge in [0, 0.05) is 18.4 Å². The normalized spacial score (nSPS) is 12.0. The zero-order valence-electron chi connectivity index (χ0n) is 22.4. The van der Waals surface area contributed by atoms with Gasteiger partial charge in [-0.25, -0.2) is 4.79 Å². The molecular formula is C29H46N2O4S. The molecular weight excluding hydrogens is 472 g/mol. The molecule has 202 valence electrons. The second-order valence-electron chi connectivity index (χ2n) is 9.42. The molecule has 0 saturated carbocycles. The Bertz CT molecular complexity index is 825. The molecule has 0 fully saturated rings. The number of rotatable bonds is 21. The van der Waals surface area contributed by atoms with E-state index >= 15 is 0 Å². The summed E-state index contributed by atoms with van der Waals surface area (Å²) in [4.78, 5) is 11.4. The lowest BCUT2D eigenvalue weighted by Crippen LogP contribution is -2.25. The van der Waals surface area contributed by atoms with E-state index in [1.54, 1.807) is 18.3 Å². The molecule has 7 heteroatoms. The van der Waals surface area contributed by atoms with Gasteiger partial charge in [0.2, 0.25) is 0 Å². The highest BCUT2D eigenvalue weighted by Crippen LogP contribution is 2.26. The Morgan fingerprint density at radius 3 is 2.03 bits per heavy atom. The highest BCUT2D eigenvalue weighted by atomic mass is 32.1. The number of benzene rings is 1. The van der Waals surface area contributed by atoms with Crippen LogP contribution in [0.3, 0.4) is 0 Å². The van der Waals surface area contributed by atoms with E-state index in [9.17, 15) is 9.90 Å². The van der Waals surface area contributed by atoms with E-state index in [-0.39, 0.29) is 19.6 Å². The first-order valence-electron chi connectivity index (χ1n) is 14.0. The third-order valence-corrected chi connectivity index (χ3v) is 7.31. The van der Waals surface area contributed by atoms with Crippen LogP contribution in [-0.2, 0) is 16.0 Å². The topological polar surface area (TPSA) is 81.5 Å². The number of carbonyl (C=O) groups is 1. The Morgan fingerprint density at radius 1 is 0.861 bits per heavy atom. The molecule has 1 heterocycles. The van der Waals surface area contributed by atoms with E-state index in [4.69, 9.17) is 9.47 Å². The van der Waals surface area contributed by atoms with Gasteiger partial charge in [0.05, 0.1) is 13.2 Å². The first kappa shape index (κ1) is 30.2. The van der Waals surface area contributed by atoms with Crippen molar-refractivity contribution in [2.75, 3.05) is 13.2 Å². The first-order chi connectivity index (χ1) is 17.6. The molecule has 6 nitrogen and oxygen atoms in total. The van der Waals surface area contributed by atoms with Crippen molar-refractivity contribution in [3.8, 4) is 16.3 Å². The number of esters is 1. The number of hydrogen-bond acceptors (Lipinski definition) is 7. The number of aromatic nitrogens is 2. The Balaban J connectivity index is 1.55. The van der Waals surface area contributed by atoms with Crippen molar-refractivity contribution in [1.82, 2.24) is 10.2 Å².